The van der Waals surface area contributed by atoms with Crippen molar-refractivity contribution in [2.75, 3.05) is 17.5 Å². The second kappa shape index (κ2) is 7.67. The molecule has 8 heteroatoms. The van der Waals surface area contributed by atoms with Gasteiger partial charge in [-0.05, 0) is 53.8 Å². The van der Waals surface area contributed by atoms with Gasteiger partial charge in [-0.2, -0.15) is 0 Å². The Hall–Kier alpha value is -1.80. The molecule has 2 fully saturated rings. The van der Waals surface area contributed by atoms with Gasteiger partial charge >= 0.3 is 0 Å². The van der Waals surface area contributed by atoms with E-state index in [1.54, 1.807) is 30.3 Å². The SMILES string of the molecule is CC1(CN2C(=O)S/C(=C/c3ccc(NS(C)(=O)=O)cc3)C2=O)CCCCC1. The van der Waals surface area contributed by atoms with Crippen LogP contribution in [0.1, 0.15) is 44.6 Å². The molecule has 1 saturated carbocycles. The lowest BCUT2D eigenvalue weighted by Gasteiger charge is -2.35. The molecule has 0 atom stereocenters. The summed E-state index contributed by atoms with van der Waals surface area (Å²) in [7, 11) is -3.33. The lowest BCUT2D eigenvalue weighted by Crippen LogP contribution is -2.39. The van der Waals surface area contributed by atoms with Crippen molar-refractivity contribution in [3.05, 3.63) is 34.7 Å². The average molecular weight is 409 g/mol. The van der Waals surface area contributed by atoms with Crippen molar-refractivity contribution in [3.63, 3.8) is 0 Å². The zero-order chi connectivity index (χ0) is 19.7. The van der Waals surface area contributed by atoms with Crippen LogP contribution >= 0.6 is 11.8 Å². The number of thioether (sulfide) groups is 1. The zero-order valence-corrected chi connectivity index (χ0v) is 17.2. The second-order valence-corrected chi connectivity index (χ2v) is 10.4. The first-order chi connectivity index (χ1) is 12.7. The van der Waals surface area contributed by atoms with Crippen LogP contribution in [0.5, 0.6) is 0 Å². The number of amides is 2. The summed E-state index contributed by atoms with van der Waals surface area (Å²) in [5.41, 5.74) is 1.20. The Kier molecular flexibility index (Phi) is 5.67. The summed E-state index contributed by atoms with van der Waals surface area (Å²) < 4.78 is 24.9. The smallest absolute Gasteiger partial charge is 0.284 e. The minimum Gasteiger partial charge on any atom is -0.284 e. The summed E-state index contributed by atoms with van der Waals surface area (Å²) in [6.07, 6.45) is 8.38. The number of sulfonamides is 1. The van der Waals surface area contributed by atoms with Crippen LogP contribution in [0.25, 0.3) is 6.08 Å². The molecule has 1 aliphatic carbocycles. The van der Waals surface area contributed by atoms with Crippen molar-refractivity contribution in [1.29, 1.82) is 0 Å². The molecule has 1 N–H and O–H groups in total. The van der Waals surface area contributed by atoms with Crippen molar-refractivity contribution in [3.8, 4) is 0 Å². The quantitative estimate of drug-likeness (QED) is 0.743. The highest BCUT2D eigenvalue weighted by Gasteiger charge is 2.40. The van der Waals surface area contributed by atoms with Gasteiger partial charge in [0.25, 0.3) is 11.1 Å². The van der Waals surface area contributed by atoms with Gasteiger partial charge in [0.2, 0.25) is 10.0 Å². The molecule has 0 radical (unpaired) electrons. The molecule has 1 aromatic carbocycles. The molecule has 0 spiro atoms. The molecule has 1 saturated heterocycles. The molecular formula is C19H24N2O4S2. The van der Waals surface area contributed by atoms with E-state index in [0.717, 1.165) is 49.3 Å². The lowest BCUT2D eigenvalue weighted by atomic mass is 9.75. The molecule has 3 rings (SSSR count). The molecule has 1 heterocycles. The topological polar surface area (TPSA) is 83.6 Å². The summed E-state index contributed by atoms with van der Waals surface area (Å²) in [4.78, 5) is 26.9. The number of nitrogens with zero attached hydrogens (tertiary/aromatic N) is 1. The number of carbonyl (C=O) groups is 2. The molecule has 0 bridgehead atoms. The van der Waals surface area contributed by atoms with E-state index in [1.165, 1.54) is 11.3 Å². The van der Waals surface area contributed by atoms with Gasteiger partial charge in [-0.1, -0.05) is 38.3 Å². The molecule has 146 valence electrons. The van der Waals surface area contributed by atoms with E-state index in [9.17, 15) is 18.0 Å². The summed E-state index contributed by atoms with van der Waals surface area (Å²) >= 11 is 0.965. The van der Waals surface area contributed by atoms with E-state index < -0.39 is 10.0 Å². The van der Waals surface area contributed by atoms with Gasteiger partial charge in [-0.3, -0.25) is 19.2 Å². The van der Waals surface area contributed by atoms with E-state index in [2.05, 4.69) is 11.6 Å². The van der Waals surface area contributed by atoms with Crippen LogP contribution in [0.4, 0.5) is 10.5 Å². The Morgan fingerprint density at radius 2 is 1.78 bits per heavy atom. The number of benzene rings is 1. The normalized spacial score (nSPS) is 21.7. The number of anilines is 1. The fourth-order valence-corrected chi connectivity index (χ4v) is 5.00. The third kappa shape index (κ3) is 5.13. The number of nitrogens with one attached hydrogen (secondary N) is 1. The zero-order valence-electron chi connectivity index (χ0n) is 15.5. The fourth-order valence-electron chi connectivity index (χ4n) is 3.59. The predicted octanol–water partition coefficient (Wildman–Crippen LogP) is 4.06. The van der Waals surface area contributed by atoms with Crippen molar-refractivity contribution < 1.29 is 18.0 Å². The van der Waals surface area contributed by atoms with Crippen LogP contribution in [-0.2, 0) is 14.8 Å². The molecule has 1 aromatic rings. The molecule has 0 unspecified atom stereocenters. The van der Waals surface area contributed by atoms with Crippen LogP contribution in [0.3, 0.4) is 0 Å². The van der Waals surface area contributed by atoms with Crippen molar-refractivity contribution in [2.45, 2.75) is 39.0 Å². The number of carbonyl (C=O) groups excluding carboxylic acids is 2. The van der Waals surface area contributed by atoms with Gasteiger partial charge in [0.15, 0.2) is 0 Å². The number of rotatable bonds is 5. The summed E-state index contributed by atoms with van der Waals surface area (Å²) in [5.74, 6) is -0.241. The largest absolute Gasteiger partial charge is 0.293 e. The summed E-state index contributed by atoms with van der Waals surface area (Å²) in [6, 6.07) is 6.67. The van der Waals surface area contributed by atoms with E-state index >= 15 is 0 Å². The third-order valence-electron chi connectivity index (χ3n) is 4.99. The molecule has 0 aromatic heterocycles. The lowest BCUT2D eigenvalue weighted by molar-refractivity contribution is -0.124. The van der Waals surface area contributed by atoms with Crippen molar-refractivity contribution in [2.24, 2.45) is 5.41 Å². The van der Waals surface area contributed by atoms with Gasteiger partial charge in [-0.15, -0.1) is 0 Å². The van der Waals surface area contributed by atoms with Crippen molar-refractivity contribution in [1.82, 2.24) is 4.90 Å². The maximum Gasteiger partial charge on any atom is 0.293 e. The number of imide groups is 1. The summed E-state index contributed by atoms with van der Waals surface area (Å²) in [5, 5.41) is -0.214. The van der Waals surface area contributed by atoms with Crippen LogP contribution in [0.15, 0.2) is 29.2 Å². The van der Waals surface area contributed by atoms with Gasteiger partial charge in [0, 0.05) is 12.2 Å². The fraction of sp³-hybridized carbons (Fsp3) is 0.474. The third-order valence-corrected chi connectivity index (χ3v) is 6.50. The number of hydrogen-bond acceptors (Lipinski definition) is 5. The first-order valence-electron chi connectivity index (χ1n) is 8.99. The first-order valence-corrected chi connectivity index (χ1v) is 11.7. The Labute approximate surface area is 164 Å². The van der Waals surface area contributed by atoms with E-state index in [4.69, 9.17) is 0 Å². The summed E-state index contributed by atoms with van der Waals surface area (Å²) in [6.45, 7) is 2.64. The molecule has 2 amide bonds. The Morgan fingerprint density at radius 3 is 2.37 bits per heavy atom. The van der Waals surface area contributed by atoms with Gasteiger partial charge in [0.05, 0.1) is 11.2 Å². The maximum absolute atomic E-state index is 12.7. The monoisotopic (exact) mass is 408 g/mol. The van der Waals surface area contributed by atoms with Crippen LogP contribution in [0, 0.1) is 5.41 Å². The van der Waals surface area contributed by atoms with Crippen LogP contribution in [0.2, 0.25) is 0 Å². The predicted molar refractivity (Wildman–Crippen MR) is 109 cm³/mol. The van der Waals surface area contributed by atoms with Gasteiger partial charge < -0.3 is 0 Å². The molecule has 1 aliphatic heterocycles. The maximum atomic E-state index is 12.7. The Morgan fingerprint density at radius 1 is 1.15 bits per heavy atom. The standard InChI is InChI=1S/C19H24N2O4S2/c1-19(10-4-3-5-11-19)13-21-17(22)16(26-18(21)23)12-14-6-8-15(9-7-14)20-27(2,24)25/h6-9,12,20H,3-5,10-11,13H2,1-2H3/b16-12+. The highest BCUT2D eigenvalue weighted by Crippen LogP contribution is 2.40. The number of hydrogen-bond donors (Lipinski definition) is 1. The molecule has 27 heavy (non-hydrogen) atoms. The minimum absolute atomic E-state index is 0.0124. The minimum atomic E-state index is -3.33. The van der Waals surface area contributed by atoms with Gasteiger partial charge in [0.1, 0.15) is 0 Å². The molecule has 6 nitrogen and oxygen atoms in total. The Bertz CT molecular complexity index is 869. The first kappa shape index (κ1) is 19.9. The highest BCUT2D eigenvalue weighted by molar-refractivity contribution is 8.18. The van der Waals surface area contributed by atoms with Crippen LogP contribution < -0.4 is 4.72 Å². The Balaban J connectivity index is 1.72. The highest BCUT2D eigenvalue weighted by atomic mass is 32.2. The van der Waals surface area contributed by atoms with E-state index in [1.807, 2.05) is 0 Å². The molecular weight excluding hydrogens is 384 g/mol. The van der Waals surface area contributed by atoms with E-state index in [0.29, 0.717) is 17.1 Å². The van der Waals surface area contributed by atoms with Gasteiger partial charge in [-0.25, -0.2) is 8.42 Å². The van der Waals surface area contributed by atoms with E-state index in [-0.39, 0.29) is 16.6 Å². The van der Waals surface area contributed by atoms with Crippen molar-refractivity contribution >= 4 is 44.7 Å². The second-order valence-electron chi connectivity index (χ2n) is 7.64. The average Bonchev–Trinajstić information content (AvgIpc) is 2.83. The molecule has 2 aliphatic rings. The van der Waals surface area contributed by atoms with Crippen LogP contribution in [-0.4, -0.2) is 37.3 Å².